The van der Waals surface area contributed by atoms with E-state index in [1.807, 2.05) is 32.9 Å². The van der Waals surface area contributed by atoms with Gasteiger partial charge in [-0.05, 0) is 26.3 Å². The van der Waals surface area contributed by atoms with Crippen LogP contribution < -0.4 is 4.74 Å². The highest BCUT2D eigenvalue weighted by Gasteiger charge is 2.17. The van der Waals surface area contributed by atoms with E-state index in [1.54, 1.807) is 11.0 Å². The van der Waals surface area contributed by atoms with E-state index in [0.29, 0.717) is 24.4 Å². The van der Waals surface area contributed by atoms with Crippen LogP contribution >= 0.6 is 0 Å². The molecule has 20 heavy (non-hydrogen) atoms. The number of aryl methyl sites for hydroxylation is 1. The summed E-state index contributed by atoms with van der Waals surface area (Å²) in [5.74, 6) is 0.0746. The number of ether oxygens (including phenoxy) is 2. The van der Waals surface area contributed by atoms with E-state index in [-0.39, 0.29) is 12.4 Å². The second-order valence-electron chi connectivity index (χ2n) is 4.36. The molecule has 0 aromatic heterocycles. The third kappa shape index (κ3) is 3.98. The van der Waals surface area contributed by atoms with Gasteiger partial charge in [0, 0.05) is 18.7 Å². The van der Waals surface area contributed by atoms with E-state index in [1.165, 1.54) is 7.11 Å². The van der Waals surface area contributed by atoms with Crippen molar-refractivity contribution in [2.24, 2.45) is 0 Å². The number of hydrogen-bond acceptors (Lipinski definition) is 4. The lowest BCUT2D eigenvalue weighted by molar-refractivity contribution is -0.139. The summed E-state index contributed by atoms with van der Waals surface area (Å²) < 4.78 is 10.1. The second kappa shape index (κ2) is 7.53. The van der Waals surface area contributed by atoms with Gasteiger partial charge < -0.3 is 14.4 Å². The van der Waals surface area contributed by atoms with Crippen molar-refractivity contribution in [1.29, 1.82) is 0 Å². The van der Waals surface area contributed by atoms with Gasteiger partial charge in [-0.25, -0.2) is 4.79 Å². The number of para-hydroxylation sites is 1. The number of rotatable bonds is 5. The van der Waals surface area contributed by atoms with Crippen LogP contribution in [0.4, 0.5) is 4.79 Å². The van der Waals surface area contributed by atoms with Crippen LogP contribution in [0.3, 0.4) is 0 Å². The molecule has 1 aromatic rings. The lowest BCUT2D eigenvalue weighted by Gasteiger charge is -2.20. The summed E-state index contributed by atoms with van der Waals surface area (Å²) in [6.07, 6.45) is -0.325. The van der Waals surface area contributed by atoms with Gasteiger partial charge in [0.25, 0.3) is 0 Å². The number of hydrogen-bond donors (Lipinski definition) is 0. The molecule has 0 aliphatic heterocycles. The molecule has 0 heterocycles. The number of carbonyl (C=O) groups is 2. The Labute approximate surface area is 119 Å². The Morgan fingerprint density at radius 1 is 1.20 bits per heavy atom. The number of methoxy groups -OCH3 is 1. The van der Waals surface area contributed by atoms with E-state index in [4.69, 9.17) is 4.74 Å². The Kier molecular flexibility index (Phi) is 6.03. The molecule has 0 spiro atoms. The molecule has 0 fully saturated rings. The maximum Gasteiger partial charge on any atom is 0.415 e. The van der Waals surface area contributed by atoms with Gasteiger partial charge in [-0.15, -0.1) is 0 Å². The molecule has 0 aliphatic carbocycles. The Morgan fingerprint density at radius 2 is 1.85 bits per heavy atom. The summed E-state index contributed by atoms with van der Waals surface area (Å²) >= 11 is 0. The van der Waals surface area contributed by atoms with Crippen molar-refractivity contribution in [2.45, 2.75) is 27.2 Å². The largest absolute Gasteiger partial charge is 0.469 e. The van der Waals surface area contributed by atoms with E-state index in [0.717, 1.165) is 5.56 Å². The molecule has 0 atom stereocenters. The van der Waals surface area contributed by atoms with Crippen LogP contribution in [0.15, 0.2) is 18.2 Å². The summed E-state index contributed by atoms with van der Waals surface area (Å²) in [6, 6.07) is 5.42. The van der Waals surface area contributed by atoms with Crippen molar-refractivity contribution >= 4 is 12.1 Å². The number of nitrogens with zero attached hydrogens (tertiary/aromatic N) is 1. The zero-order valence-electron chi connectivity index (χ0n) is 12.4. The molecule has 5 nitrogen and oxygen atoms in total. The molecule has 0 saturated heterocycles. The standard InChI is InChI=1S/C15H21NO4/c1-5-16(6-2)15(18)20-14-11(3)8-7-9-12(14)10-13(17)19-4/h7-9H,5-6,10H2,1-4H3. The van der Waals surface area contributed by atoms with E-state index in [2.05, 4.69) is 4.74 Å². The lowest BCUT2D eigenvalue weighted by atomic mass is 10.1. The monoisotopic (exact) mass is 279 g/mol. The quantitative estimate of drug-likeness (QED) is 0.777. The Bertz CT molecular complexity index is 481. The van der Waals surface area contributed by atoms with Crippen molar-refractivity contribution < 1.29 is 19.1 Å². The fraction of sp³-hybridized carbons (Fsp3) is 0.467. The van der Waals surface area contributed by atoms with E-state index in [9.17, 15) is 9.59 Å². The zero-order chi connectivity index (χ0) is 15.1. The second-order valence-corrected chi connectivity index (χ2v) is 4.36. The molecule has 110 valence electrons. The molecule has 1 rings (SSSR count). The third-order valence-corrected chi connectivity index (χ3v) is 3.07. The van der Waals surface area contributed by atoms with Gasteiger partial charge in [-0.1, -0.05) is 18.2 Å². The van der Waals surface area contributed by atoms with Gasteiger partial charge in [0.05, 0.1) is 13.5 Å². The predicted octanol–water partition coefficient (Wildman–Crippen LogP) is 2.55. The maximum absolute atomic E-state index is 12.0. The number of esters is 1. The molecule has 0 aliphatic rings. The van der Waals surface area contributed by atoms with Crippen LogP contribution in [-0.2, 0) is 16.0 Å². The molecule has 0 unspecified atom stereocenters. The topological polar surface area (TPSA) is 55.8 Å². The third-order valence-electron chi connectivity index (χ3n) is 3.07. The molecule has 0 radical (unpaired) electrons. The summed E-state index contributed by atoms with van der Waals surface area (Å²) in [5.41, 5.74) is 1.46. The smallest absolute Gasteiger partial charge is 0.415 e. The van der Waals surface area contributed by atoms with Crippen LogP contribution in [0.5, 0.6) is 5.75 Å². The van der Waals surface area contributed by atoms with Crippen LogP contribution in [0.25, 0.3) is 0 Å². The first-order chi connectivity index (χ1) is 9.53. The summed E-state index contributed by atoms with van der Waals surface area (Å²) in [6.45, 7) is 6.77. The van der Waals surface area contributed by atoms with Gasteiger partial charge in [-0.2, -0.15) is 0 Å². The SMILES string of the molecule is CCN(CC)C(=O)Oc1c(C)cccc1CC(=O)OC. The normalized spacial score (nSPS) is 10.0. The molecule has 1 aromatic carbocycles. The van der Waals surface area contributed by atoms with Crippen molar-refractivity contribution in [3.05, 3.63) is 29.3 Å². The molecular formula is C15H21NO4. The highest BCUT2D eigenvalue weighted by Crippen LogP contribution is 2.25. The Balaban J connectivity index is 2.98. The maximum atomic E-state index is 12.0. The summed E-state index contributed by atoms with van der Waals surface area (Å²) in [4.78, 5) is 25.0. The molecule has 1 amide bonds. The minimum atomic E-state index is -0.407. The molecule has 0 bridgehead atoms. The highest BCUT2D eigenvalue weighted by molar-refractivity contribution is 5.76. The minimum absolute atomic E-state index is 0.0824. The van der Waals surface area contributed by atoms with Crippen molar-refractivity contribution in [3.63, 3.8) is 0 Å². The predicted molar refractivity (Wildman–Crippen MR) is 75.8 cm³/mol. The fourth-order valence-corrected chi connectivity index (χ4v) is 1.86. The molecule has 5 heteroatoms. The summed E-state index contributed by atoms with van der Waals surface area (Å²) in [5, 5.41) is 0. The first-order valence-electron chi connectivity index (χ1n) is 6.65. The van der Waals surface area contributed by atoms with Gasteiger partial charge in [-0.3, -0.25) is 4.79 Å². The average molecular weight is 279 g/mol. The van der Waals surface area contributed by atoms with Crippen LogP contribution in [0, 0.1) is 6.92 Å². The van der Waals surface area contributed by atoms with E-state index < -0.39 is 6.09 Å². The number of amides is 1. The summed E-state index contributed by atoms with van der Waals surface area (Å²) in [7, 11) is 1.33. The van der Waals surface area contributed by atoms with E-state index >= 15 is 0 Å². The first-order valence-corrected chi connectivity index (χ1v) is 6.65. The van der Waals surface area contributed by atoms with Gasteiger partial charge in [0.15, 0.2) is 0 Å². The molecule has 0 saturated carbocycles. The molecule has 0 N–H and O–H groups in total. The van der Waals surface area contributed by atoms with Crippen LogP contribution in [0.1, 0.15) is 25.0 Å². The van der Waals surface area contributed by atoms with Crippen LogP contribution in [0.2, 0.25) is 0 Å². The van der Waals surface area contributed by atoms with Crippen LogP contribution in [-0.4, -0.2) is 37.2 Å². The highest BCUT2D eigenvalue weighted by atomic mass is 16.6. The lowest BCUT2D eigenvalue weighted by Crippen LogP contribution is -2.33. The fourth-order valence-electron chi connectivity index (χ4n) is 1.86. The van der Waals surface area contributed by atoms with Gasteiger partial charge in [0.1, 0.15) is 5.75 Å². The minimum Gasteiger partial charge on any atom is -0.469 e. The number of carbonyl (C=O) groups excluding carboxylic acids is 2. The molecular weight excluding hydrogens is 258 g/mol. The first kappa shape index (κ1) is 16.0. The average Bonchev–Trinajstić information content (AvgIpc) is 2.43. The Hall–Kier alpha value is -2.04. The van der Waals surface area contributed by atoms with Crippen molar-refractivity contribution in [2.75, 3.05) is 20.2 Å². The van der Waals surface area contributed by atoms with Gasteiger partial charge >= 0.3 is 12.1 Å². The van der Waals surface area contributed by atoms with Crippen molar-refractivity contribution in [1.82, 2.24) is 4.90 Å². The number of benzene rings is 1. The zero-order valence-corrected chi connectivity index (χ0v) is 12.4. The van der Waals surface area contributed by atoms with Gasteiger partial charge in [0.2, 0.25) is 0 Å². The Morgan fingerprint density at radius 3 is 2.40 bits per heavy atom. The van der Waals surface area contributed by atoms with Crippen molar-refractivity contribution in [3.8, 4) is 5.75 Å².